The monoisotopic (exact) mass is 721 g/mol. The van der Waals surface area contributed by atoms with Gasteiger partial charge in [0.2, 0.25) is 0 Å². The van der Waals surface area contributed by atoms with Crippen LogP contribution in [0, 0.1) is 46.3 Å². The second kappa shape index (κ2) is 18.8. The highest BCUT2D eigenvalue weighted by molar-refractivity contribution is 5.96. The van der Waals surface area contributed by atoms with Crippen LogP contribution in [0.25, 0.3) is 0 Å². The first-order chi connectivity index (χ1) is 24.6. The smallest absolute Gasteiger partial charge is 0.158 e. The van der Waals surface area contributed by atoms with Crippen molar-refractivity contribution in [2.75, 3.05) is 0 Å². The van der Waals surface area contributed by atoms with Crippen molar-refractivity contribution in [2.45, 2.75) is 139 Å². The van der Waals surface area contributed by atoms with Crippen LogP contribution in [0.5, 0.6) is 0 Å². The van der Waals surface area contributed by atoms with Crippen LogP contribution in [0.2, 0.25) is 0 Å². The number of aryl methyl sites for hydroxylation is 1. The standard InChI is InChI=1S/C47H62O3.C2H6.CH4/c1-10-17-34(31(3)41(48)25-24-30(2)26-38-36-22-15-14-21-35(36)28-42(38)49)27-43(50)44-37(29-40-45(44)47(40,8)9)32(4)39(46(5,6)7)23-16-20-33-18-12-11-13-19-33;1-2;/h11-15,18-19,21-22,34,37-40,44-45H,2-4,10,16-17,20,23-29H2,1,5-9H3;1-2H3;1H4/t34?,37?,38-,39?,40?,44+,45?;;/m0../s1. The molecule has 0 amide bonds. The highest BCUT2D eigenvalue weighted by atomic mass is 16.1. The van der Waals surface area contributed by atoms with Crippen LogP contribution in [-0.4, -0.2) is 17.3 Å². The molecule has 0 radical (unpaired) electrons. The summed E-state index contributed by atoms with van der Waals surface area (Å²) in [6.07, 6.45) is 8.27. The zero-order valence-corrected chi connectivity index (χ0v) is 33.9. The summed E-state index contributed by atoms with van der Waals surface area (Å²) < 4.78 is 0. The largest absolute Gasteiger partial charge is 0.299 e. The summed E-state index contributed by atoms with van der Waals surface area (Å²) in [6, 6.07) is 18.8. The minimum absolute atomic E-state index is 0. The summed E-state index contributed by atoms with van der Waals surface area (Å²) in [7, 11) is 0. The quantitative estimate of drug-likeness (QED) is 0.114. The fraction of sp³-hybridized carbons (Fsp3) is 0.580. The highest BCUT2D eigenvalue weighted by Crippen LogP contribution is 2.72. The van der Waals surface area contributed by atoms with E-state index in [1.807, 2.05) is 38.1 Å². The Kier molecular flexibility index (Phi) is 15.6. The molecule has 0 saturated heterocycles. The molecule has 2 saturated carbocycles. The molecule has 3 heteroatoms. The zero-order valence-electron chi connectivity index (χ0n) is 33.9. The fourth-order valence-corrected chi connectivity index (χ4v) is 9.95. The molecule has 290 valence electrons. The molecule has 2 aromatic rings. The van der Waals surface area contributed by atoms with Gasteiger partial charge in [-0.15, -0.1) is 0 Å². The number of hydrogen-bond donors (Lipinski definition) is 0. The third kappa shape index (κ3) is 10.3. The van der Waals surface area contributed by atoms with Gasteiger partial charge in [0.1, 0.15) is 11.6 Å². The van der Waals surface area contributed by atoms with E-state index in [1.54, 1.807) is 0 Å². The third-order valence-electron chi connectivity index (χ3n) is 12.9. The first-order valence-electron chi connectivity index (χ1n) is 20.4. The van der Waals surface area contributed by atoms with Crippen molar-refractivity contribution < 1.29 is 14.4 Å². The van der Waals surface area contributed by atoms with E-state index in [2.05, 4.69) is 85.0 Å². The van der Waals surface area contributed by atoms with Gasteiger partial charge in [-0.2, -0.15) is 0 Å². The molecule has 0 aromatic heterocycles. The van der Waals surface area contributed by atoms with Gasteiger partial charge in [0.25, 0.3) is 0 Å². The van der Waals surface area contributed by atoms with E-state index < -0.39 is 0 Å². The maximum atomic E-state index is 14.5. The van der Waals surface area contributed by atoms with Gasteiger partial charge in [-0.3, -0.25) is 14.4 Å². The van der Waals surface area contributed by atoms with E-state index in [-0.39, 0.29) is 53.5 Å². The molecule has 2 aromatic carbocycles. The predicted molar refractivity (Wildman–Crippen MR) is 225 cm³/mol. The van der Waals surface area contributed by atoms with Gasteiger partial charge >= 0.3 is 0 Å². The summed E-state index contributed by atoms with van der Waals surface area (Å²) in [5, 5.41) is 0. The maximum Gasteiger partial charge on any atom is 0.158 e. The van der Waals surface area contributed by atoms with Gasteiger partial charge in [-0.05, 0) is 108 Å². The Bertz CT molecular complexity index is 1600. The Morgan fingerprint density at radius 1 is 0.925 bits per heavy atom. The van der Waals surface area contributed by atoms with Gasteiger partial charge < -0.3 is 0 Å². The molecule has 0 aliphatic heterocycles. The maximum absolute atomic E-state index is 14.5. The molecule has 5 unspecified atom stereocenters. The third-order valence-corrected chi connectivity index (χ3v) is 12.9. The van der Waals surface area contributed by atoms with Crippen LogP contribution in [-0.2, 0) is 27.2 Å². The predicted octanol–water partition coefficient (Wildman–Crippen LogP) is 12.9. The van der Waals surface area contributed by atoms with Gasteiger partial charge in [-0.25, -0.2) is 0 Å². The van der Waals surface area contributed by atoms with Crippen molar-refractivity contribution in [3.8, 4) is 0 Å². The molecule has 3 aliphatic rings. The zero-order chi connectivity index (χ0) is 38.4. The number of carbonyl (C=O) groups is 3. The van der Waals surface area contributed by atoms with Gasteiger partial charge in [0, 0.05) is 31.1 Å². The number of carbonyl (C=O) groups excluding carboxylic acids is 3. The van der Waals surface area contributed by atoms with Crippen molar-refractivity contribution >= 4 is 17.3 Å². The van der Waals surface area contributed by atoms with Crippen LogP contribution in [0.3, 0.4) is 0 Å². The van der Waals surface area contributed by atoms with E-state index in [0.717, 1.165) is 55.2 Å². The van der Waals surface area contributed by atoms with E-state index in [4.69, 9.17) is 6.58 Å². The molecule has 0 spiro atoms. The number of Topliss-reactive ketones (excluding diaryl/α,β-unsaturated/α-hetero) is 3. The number of hydrogen-bond acceptors (Lipinski definition) is 3. The molecule has 2 fully saturated rings. The average Bonchev–Trinajstić information content (AvgIpc) is 3.38. The van der Waals surface area contributed by atoms with Crippen molar-refractivity contribution in [3.63, 3.8) is 0 Å². The second-order valence-corrected chi connectivity index (χ2v) is 17.6. The van der Waals surface area contributed by atoms with E-state index in [9.17, 15) is 14.4 Å². The van der Waals surface area contributed by atoms with Gasteiger partial charge in [0.05, 0.1) is 0 Å². The fourth-order valence-electron chi connectivity index (χ4n) is 9.95. The minimum atomic E-state index is -0.159. The van der Waals surface area contributed by atoms with Crippen LogP contribution in [0.4, 0.5) is 0 Å². The first kappa shape index (κ1) is 44.1. The van der Waals surface area contributed by atoms with E-state index in [0.29, 0.717) is 61.2 Å². The number of rotatable bonds is 18. The summed E-state index contributed by atoms with van der Waals surface area (Å²) >= 11 is 0. The van der Waals surface area contributed by atoms with Crippen LogP contribution < -0.4 is 0 Å². The Morgan fingerprint density at radius 2 is 1.57 bits per heavy atom. The molecule has 3 nitrogen and oxygen atoms in total. The van der Waals surface area contributed by atoms with Crippen LogP contribution in [0.1, 0.15) is 143 Å². The minimum Gasteiger partial charge on any atom is -0.299 e. The normalized spacial score (nSPS) is 23.3. The molecule has 0 bridgehead atoms. The molecular weight excluding hydrogens is 649 g/mol. The molecular formula is C50H72O3. The van der Waals surface area contributed by atoms with Crippen molar-refractivity contribution in [3.05, 3.63) is 108 Å². The Morgan fingerprint density at radius 3 is 2.21 bits per heavy atom. The van der Waals surface area contributed by atoms with Gasteiger partial charge in [-0.1, -0.05) is 155 Å². The number of ketones is 3. The SMILES string of the molecule is C.C=C(CCC(=O)C(=C)C(CCC)CC(=O)[C@H]1C(C(=C)C(CCCc2ccccc2)C(C)(C)C)CC2C1C2(C)C)C[C@@H]1C(=O)Cc2ccccc21.CC. The first-order valence-corrected chi connectivity index (χ1v) is 20.4. The van der Waals surface area contributed by atoms with Gasteiger partial charge in [0.15, 0.2) is 5.78 Å². The number of benzene rings is 2. The lowest BCUT2D eigenvalue weighted by Gasteiger charge is -2.38. The van der Waals surface area contributed by atoms with Crippen LogP contribution >= 0.6 is 0 Å². The van der Waals surface area contributed by atoms with E-state index in [1.165, 1.54) is 11.1 Å². The lowest BCUT2D eigenvalue weighted by Crippen LogP contribution is -2.33. The lowest BCUT2D eigenvalue weighted by atomic mass is 9.66. The lowest BCUT2D eigenvalue weighted by molar-refractivity contribution is -0.125. The Labute approximate surface area is 324 Å². The number of allylic oxidation sites excluding steroid dienone is 3. The van der Waals surface area contributed by atoms with Crippen molar-refractivity contribution in [2.24, 2.45) is 46.3 Å². The summed E-state index contributed by atoms with van der Waals surface area (Å²) in [5.74, 6) is 1.72. The van der Waals surface area contributed by atoms with Crippen molar-refractivity contribution in [1.82, 2.24) is 0 Å². The Balaban J connectivity index is 0.00000248. The molecule has 7 atom stereocenters. The van der Waals surface area contributed by atoms with Crippen LogP contribution in [0.15, 0.2) is 91.1 Å². The van der Waals surface area contributed by atoms with E-state index >= 15 is 0 Å². The molecule has 53 heavy (non-hydrogen) atoms. The van der Waals surface area contributed by atoms with Crippen molar-refractivity contribution in [1.29, 1.82) is 0 Å². The Hall–Kier alpha value is -3.33. The molecule has 0 N–H and O–H groups in total. The molecule has 5 rings (SSSR count). The highest BCUT2D eigenvalue weighted by Gasteiger charge is 2.68. The molecule has 0 heterocycles. The second-order valence-electron chi connectivity index (χ2n) is 17.6. The summed E-state index contributed by atoms with van der Waals surface area (Å²) in [6.45, 7) is 31.1. The molecule has 3 aliphatic carbocycles. The topological polar surface area (TPSA) is 51.2 Å². The summed E-state index contributed by atoms with van der Waals surface area (Å²) in [5.41, 5.74) is 6.61. The summed E-state index contributed by atoms with van der Waals surface area (Å²) in [4.78, 5) is 40.8. The number of fused-ring (bicyclic) bond motifs is 2. The average molecular weight is 721 g/mol.